The fourth-order valence-electron chi connectivity index (χ4n) is 9.78. The van der Waals surface area contributed by atoms with Crippen LogP contribution in [0.3, 0.4) is 0 Å². The van der Waals surface area contributed by atoms with E-state index in [1.165, 1.54) is 54.9 Å². The molecule has 264 valence electrons. The van der Waals surface area contributed by atoms with Gasteiger partial charge in [-0.05, 0) is 83.2 Å². The molecule has 10 aromatic rings. The molecule has 2 aliphatic carbocycles. The minimum atomic E-state index is -0.440. The molecule has 2 aliphatic rings. The van der Waals surface area contributed by atoms with E-state index in [4.69, 9.17) is 15.0 Å². The van der Waals surface area contributed by atoms with Crippen LogP contribution in [0.2, 0.25) is 0 Å². The van der Waals surface area contributed by atoms with Crippen molar-refractivity contribution in [3.8, 4) is 67.5 Å². The molecule has 1 aromatic heterocycles. The van der Waals surface area contributed by atoms with Gasteiger partial charge in [-0.1, -0.05) is 194 Å². The van der Waals surface area contributed by atoms with Gasteiger partial charge in [-0.2, -0.15) is 0 Å². The van der Waals surface area contributed by atoms with Gasteiger partial charge >= 0.3 is 0 Å². The van der Waals surface area contributed by atoms with Gasteiger partial charge in [0.15, 0.2) is 17.5 Å². The van der Waals surface area contributed by atoms with E-state index in [9.17, 15) is 0 Å². The molecule has 0 aliphatic heterocycles. The van der Waals surface area contributed by atoms with E-state index in [0.29, 0.717) is 17.5 Å². The van der Waals surface area contributed by atoms with Crippen molar-refractivity contribution >= 4 is 21.5 Å². The molecule has 12 rings (SSSR count). The summed E-state index contributed by atoms with van der Waals surface area (Å²) in [6.07, 6.45) is 0. The molecule has 0 N–H and O–H groups in total. The molecular formula is C54H33N3. The van der Waals surface area contributed by atoms with Crippen molar-refractivity contribution in [2.24, 2.45) is 0 Å². The van der Waals surface area contributed by atoms with Gasteiger partial charge in [0.05, 0.1) is 5.41 Å². The third-order valence-corrected chi connectivity index (χ3v) is 12.1. The Balaban J connectivity index is 1.10. The molecule has 1 spiro atoms. The largest absolute Gasteiger partial charge is 0.208 e. The maximum atomic E-state index is 5.29. The highest BCUT2D eigenvalue weighted by Gasteiger charge is 2.51. The lowest BCUT2D eigenvalue weighted by Gasteiger charge is -2.31. The first-order chi connectivity index (χ1) is 28.3. The summed E-state index contributed by atoms with van der Waals surface area (Å²) >= 11 is 0. The fourth-order valence-corrected chi connectivity index (χ4v) is 9.78. The maximum Gasteiger partial charge on any atom is 0.164 e. The number of hydrogen-bond donors (Lipinski definition) is 0. The Bertz CT molecular complexity index is 3180. The van der Waals surface area contributed by atoms with E-state index in [0.717, 1.165) is 38.9 Å². The Morgan fingerprint density at radius 3 is 1.47 bits per heavy atom. The molecule has 3 nitrogen and oxygen atoms in total. The van der Waals surface area contributed by atoms with Crippen LogP contribution in [0.1, 0.15) is 22.3 Å². The van der Waals surface area contributed by atoms with Gasteiger partial charge < -0.3 is 0 Å². The van der Waals surface area contributed by atoms with Gasteiger partial charge in [-0.25, -0.2) is 15.0 Å². The third kappa shape index (κ3) is 4.57. The lowest BCUT2D eigenvalue weighted by atomic mass is 9.70. The topological polar surface area (TPSA) is 38.7 Å². The Morgan fingerprint density at radius 1 is 0.281 bits per heavy atom. The van der Waals surface area contributed by atoms with E-state index in [2.05, 4.69) is 176 Å². The van der Waals surface area contributed by atoms with Crippen molar-refractivity contribution in [1.29, 1.82) is 0 Å². The van der Waals surface area contributed by atoms with Crippen LogP contribution in [0.25, 0.3) is 89.1 Å². The molecule has 0 fully saturated rings. The van der Waals surface area contributed by atoms with Crippen molar-refractivity contribution in [3.05, 3.63) is 222 Å². The Labute approximate surface area is 330 Å². The molecule has 0 saturated heterocycles. The standard InChI is InChI=1S/C54H33N3/c1-3-15-34(16-4-1)38-21-11-22-39(33-38)52-55-51(37-17-5-2-6-18-37)56-53(57-52)42-24-8-7-23-40(42)41-26-14-30-47-50(41)43-25-9-10-27-44(43)54(47)45-28-12-19-35-31-32-36-20-13-29-46(54)49(36)48(35)45/h1-33H. The van der Waals surface area contributed by atoms with Crippen LogP contribution in [-0.2, 0) is 5.41 Å². The second-order valence-corrected chi connectivity index (χ2v) is 15.1. The fraction of sp³-hybridized carbons (Fsp3) is 0.0185. The van der Waals surface area contributed by atoms with Crippen molar-refractivity contribution in [1.82, 2.24) is 15.0 Å². The van der Waals surface area contributed by atoms with Crippen LogP contribution < -0.4 is 0 Å². The second-order valence-electron chi connectivity index (χ2n) is 15.1. The lowest BCUT2D eigenvalue weighted by Crippen LogP contribution is -2.26. The van der Waals surface area contributed by atoms with Crippen molar-refractivity contribution in [2.75, 3.05) is 0 Å². The average Bonchev–Trinajstić information content (AvgIpc) is 3.77. The first-order valence-corrected chi connectivity index (χ1v) is 19.5. The smallest absolute Gasteiger partial charge is 0.164 e. The summed E-state index contributed by atoms with van der Waals surface area (Å²) in [5, 5.41) is 5.29. The Kier molecular flexibility index (Phi) is 6.84. The second kappa shape index (κ2) is 12.3. The summed E-state index contributed by atoms with van der Waals surface area (Å²) in [7, 11) is 0. The average molecular weight is 724 g/mol. The van der Waals surface area contributed by atoms with Crippen LogP contribution in [-0.4, -0.2) is 15.0 Å². The van der Waals surface area contributed by atoms with Crippen molar-refractivity contribution in [3.63, 3.8) is 0 Å². The highest BCUT2D eigenvalue weighted by atomic mass is 15.0. The summed E-state index contributed by atoms with van der Waals surface area (Å²) in [6.45, 7) is 0. The molecule has 0 saturated carbocycles. The van der Waals surface area contributed by atoms with Crippen molar-refractivity contribution in [2.45, 2.75) is 5.41 Å². The van der Waals surface area contributed by atoms with Crippen LogP contribution in [0, 0.1) is 0 Å². The predicted octanol–water partition coefficient (Wildman–Crippen LogP) is 13.2. The van der Waals surface area contributed by atoms with Crippen molar-refractivity contribution < 1.29 is 0 Å². The molecule has 0 atom stereocenters. The highest BCUT2D eigenvalue weighted by molar-refractivity contribution is 6.18. The normalized spacial score (nSPS) is 13.1. The van der Waals surface area contributed by atoms with E-state index in [-0.39, 0.29) is 0 Å². The summed E-state index contributed by atoms with van der Waals surface area (Å²) in [4.78, 5) is 15.6. The van der Waals surface area contributed by atoms with E-state index in [1.54, 1.807) is 0 Å². The Morgan fingerprint density at radius 2 is 0.754 bits per heavy atom. The van der Waals surface area contributed by atoms with Gasteiger partial charge in [0, 0.05) is 16.7 Å². The van der Waals surface area contributed by atoms with Crippen LogP contribution in [0.4, 0.5) is 0 Å². The SMILES string of the molecule is c1ccc(-c2cccc(-c3nc(-c4ccccc4)nc(-c4ccccc4-c4cccc5c4-c4ccccc4C54c5cccc6ccc7cccc4c7c56)n3)c2)cc1. The van der Waals surface area contributed by atoms with Crippen LogP contribution in [0.5, 0.6) is 0 Å². The molecule has 0 amide bonds. The van der Waals surface area contributed by atoms with Crippen LogP contribution in [0.15, 0.2) is 200 Å². The van der Waals surface area contributed by atoms with Gasteiger partial charge in [-0.15, -0.1) is 0 Å². The number of rotatable bonds is 5. The minimum absolute atomic E-state index is 0.440. The van der Waals surface area contributed by atoms with Gasteiger partial charge in [0.2, 0.25) is 0 Å². The number of hydrogen-bond acceptors (Lipinski definition) is 3. The lowest BCUT2D eigenvalue weighted by molar-refractivity contribution is 0.797. The minimum Gasteiger partial charge on any atom is -0.208 e. The van der Waals surface area contributed by atoms with E-state index < -0.39 is 5.41 Å². The first-order valence-electron chi connectivity index (χ1n) is 19.5. The highest BCUT2D eigenvalue weighted by Crippen LogP contribution is 2.63. The molecule has 57 heavy (non-hydrogen) atoms. The molecule has 0 unspecified atom stereocenters. The molecule has 9 aromatic carbocycles. The van der Waals surface area contributed by atoms with E-state index >= 15 is 0 Å². The molecular weight excluding hydrogens is 691 g/mol. The number of nitrogens with zero attached hydrogens (tertiary/aromatic N) is 3. The maximum absolute atomic E-state index is 5.29. The van der Waals surface area contributed by atoms with Gasteiger partial charge in [0.1, 0.15) is 0 Å². The van der Waals surface area contributed by atoms with Crippen LogP contribution >= 0.6 is 0 Å². The van der Waals surface area contributed by atoms with Gasteiger partial charge in [-0.3, -0.25) is 0 Å². The number of benzene rings is 9. The number of fused-ring (bicyclic) bond motifs is 7. The quantitative estimate of drug-likeness (QED) is 0.166. The Hall–Kier alpha value is -7.49. The summed E-state index contributed by atoms with van der Waals surface area (Å²) in [6, 6.07) is 72.0. The zero-order chi connectivity index (χ0) is 37.5. The first kappa shape index (κ1) is 31.8. The summed E-state index contributed by atoms with van der Waals surface area (Å²) in [5.74, 6) is 1.92. The summed E-state index contributed by atoms with van der Waals surface area (Å²) in [5.41, 5.74) is 14.8. The zero-order valence-electron chi connectivity index (χ0n) is 30.9. The molecule has 1 heterocycles. The third-order valence-electron chi connectivity index (χ3n) is 12.1. The zero-order valence-corrected chi connectivity index (χ0v) is 30.9. The van der Waals surface area contributed by atoms with Gasteiger partial charge in [0.25, 0.3) is 0 Å². The predicted molar refractivity (Wildman–Crippen MR) is 233 cm³/mol. The molecule has 0 radical (unpaired) electrons. The molecule has 3 heteroatoms. The molecule has 0 bridgehead atoms. The number of aromatic nitrogens is 3. The summed E-state index contributed by atoms with van der Waals surface area (Å²) < 4.78 is 0. The monoisotopic (exact) mass is 723 g/mol. The van der Waals surface area contributed by atoms with E-state index in [1.807, 2.05) is 24.3 Å².